The zero-order chi connectivity index (χ0) is 12.3. The Hall–Kier alpha value is -1.72. The molecule has 0 radical (unpaired) electrons. The molecule has 0 atom stereocenters. The molecule has 0 saturated heterocycles. The molecular weight excluding hydrogens is 220 g/mol. The van der Waals surface area contributed by atoms with Crippen LogP contribution in [-0.2, 0) is 0 Å². The Morgan fingerprint density at radius 1 is 1.47 bits per heavy atom. The molecule has 1 aliphatic rings. The van der Waals surface area contributed by atoms with Gasteiger partial charge in [-0.2, -0.15) is 0 Å². The summed E-state index contributed by atoms with van der Waals surface area (Å²) in [6, 6.07) is 0. The molecule has 0 aliphatic heterocycles. The van der Waals surface area contributed by atoms with Crippen molar-refractivity contribution < 1.29 is 4.92 Å². The second-order valence-corrected chi connectivity index (χ2v) is 4.58. The normalized spacial score (nSPS) is 17.2. The number of rotatable bonds is 5. The van der Waals surface area contributed by atoms with Gasteiger partial charge in [0.15, 0.2) is 0 Å². The van der Waals surface area contributed by atoms with Gasteiger partial charge in [-0.3, -0.25) is 10.1 Å². The number of nitrogens with one attached hydrogen (secondary N) is 1. The van der Waals surface area contributed by atoms with Gasteiger partial charge in [0.2, 0.25) is 5.95 Å². The van der Waals surface area contributed by atoms with Crippen molar-refractivity contribution in [2.45, 2.75) is 32.6 Å². The summed E-state index contributed by atoms with van der Waals surface area (Å²) in [5, 5.41) is 13.6. The van der Waals surface area contributed by atoms with Crippen molar-refractivity contribution in [2.75, 3.05) is 11.9 Å². The van der Waals surface area contributed by atoms with Gasteiger partial charge in [0, 0.05) is 6.54 Å². The molecule has 0 aromatic carbocycles. The fraction of sp³-hybridized carbons (Fsp3) is 0.636. The first kappa shape index (κ1) is 11.8. The van der Waals surface area contributed by atoms with Gasteiger partial charge in [0.1, 0.15) is 12.4 Å². The molecule has 17 heavy (non-hydrogen) atoms. The van der Waals surface area contributed by atoms with Crippen LogP contribution in [0.15, 0.2) is 12.4 Å². The largest absolute Gasteiger partial charge is 0.354 e. The van der Waals surface area contributed by atoms with Crippen LogP contribution in [0.25, 0.3) is 0 Å². The number of nitro groups is 1. The lowest BCUT2D eigenvalue weighted by Crippen LogP contribution is -2.36. The van der Waals surface area contributed by atoms with Crippen molar-refractivity contribution in [3.63, 3.8) is 0 Å². The molecule has 6 heteroatoms. The average molecular weight is 236 g/mol. The minimum absolute atomic E-state index is 0.0793. The minimum atomic E-state index is -0.497. The van der Waals surface area contributed by atoms with Gasteiger partial charge in [-0.25, -0.2) is 9.97 Å². The Balaban J connectivity index is 1.93. The molecule has 1 saturated carbocycles. The Morgan fingerprint density at radius 2 is 2.12 bits per heavy atom. The third kappa shape index (κ3) is 2.51. The fourth-order valence-electron chi connectivity index (χ4n) is 2.11. The van der Waals surface area contributed by atoms with Crippen LogP contribution in [0.2, 0.25) is 0 Å². The van der Waals surface area contributed by atoms with Crippen LogP contribution in [-0.4, -0.2) is 21.4 Å². The van der Waals surface area contributed by atoms with Crippen LogP contribution >= 0.6 is 0 Å². The fourth-order valence-corrected chi connectivity index (χ4v) is 2.11. The van der Waals surface area contributed by atoms with Gasteiger partial charge < -0.3 is 5.32 Å². The molecule has 0 amide bonds. The first-order chi connectivity index (χ1) is 8.15. The highest BCUT2D eigenvalue weighted by Gasteiger charge is 2.34. The summed E-state index contributed by atoms with van der Waals surface area (Å²) in [5.74, 6) is 0.468. The van der Waals surface area contributed by atoms with Gasteiger partial charge in [-0.1, -0.05) is 13.3 Å². The Kier molecular flexibility index (Phi) is 3.21. The number of nitrogens with zero attached hydrogens (tertiary/aromatic N) is 3. The summed E-state index contributed by atoms with van der Waals surface area (Å²) in [5.41, 5.74) is 0.301. The number of aromatic nitrogens is 2. The highest BCUT2D eigenvalue weighted by atomic mass is 16.6. The van der Waals surface area contributed by atoms with E-state index >= 15 is 0 Å². The summed E-state index contributed by atoms with van der Waals surface area (Å²) in [6.45, 7) is 3.04. The molecule has 1 aliphatic carbocycles. The second-order valence-electron chi connectivity index (χ2n) is 4.58. The SMILES string of the molecule is CCC1(CNc2ncc([N+](=O)[O-])cn2)CCC1. The van der Waals surface area contributed by atoms with Crippen molar-refractivity contribution in [3.8, 4) is 0 Å². The molecule has 0 unspecified atom stereocenters. The van der Waals surface area contributed by atoms with Crippen molar-refractivity contribution in [3.05, 3.63) is 22.5 Å². The van der Waals surface area contributed by atoms with Gasteiger partial charge in [0.25, 0.3) is 0 Å². The van der Waals surface area contributed by atoms with Crippen molar-refractivity contribution in [1.29, 1.82) is 0 Å². The maximum atomic E-state index is 10.4. The molecule has 6 nitrogen and oxygen atoms in total. The highest BCUT2D eigenvalue weighted by Crippen LogP contribution is 2.43. The predicted octanol–water partition coefficient (Wildman–Crippen LogP) is 2.38. The Morgan fingerprint density at radius 3 is 2.53 bits per heavy atom. The van der Waals surface area contributed by atoms with E-state index in [-0.39, 0.29) is 5.69 Å². The molecular formula is C11H16N4O2. The standard InChI is InChI=1S/C11H16N4O2/c1-2-11(4-3-5-11)8-14-10-12-6-9(7-13-10)15(16)17/h6-7H,2-5,8H2,1H3,(H,12,13,14). The summed E-state index contributed by atoms with van der Waals surface area (Å²) in [6.07, 6.45) is 7.38. The lowest BCUT2D eigenvalue weighted by atomic mass is 9.67. The van der Waals surface area contributed by atoms with Gasteiger partial charge >= 0.3 is 5.69 Å². The maximum absolute atomic E-state index is 10.4. The summed E-state index contributed by atoms with van der Waals surface area (Å²) in [4.78, 5) is 17.8. The van der Waals surface area contributed by atoms with Crippen LogP contribution in [0.1, 0.15) is 32.6 Å². The van der Waals surface area contributed by atoms with Crippen LogP contribution < -0.4 is 5.32 Å². The van der Waals surface area contributed by atoms with Crippen molar-refractivity contribution in [1.82, 2.24) is 9.97 Å². The lowest BCUT2D eigenvalue weighted by molar-refractivity contribution is -0.385. The zero-order valence-corrected chi connectivity index (χ0v) is 9.85. The van der Waals surface area contributed by atoms with Crippen molar-refractivity contribution >= 4 is 11.6 Å². The monoisotopic (exact) mass is 236 g/mol. The average Bonchev–Trinajstić information content (AvgIpc) is 2.29. The predicted molar refractivity (Wildman–Crippen MR) is 63.8 cm³/mol. The highest BCUT2D eigenvalue weighted by molar-refractivity contribution is 5.31. The van der Waals surface area contributed by atoms with E-state index in [0.29, 0.717) is 11.4 Å². The van der Waals surface area contributed by atoms with Gasteiger partial charge in [-0.05, 0) is 24.7 Å². The first-order valence-corrected chi connectivity index (χ1v) is 5.85. The molecule has 2 rings (SSSR count). The summed E-state index contributed by atoms with van der Waals surface area (Å²) < 4.78 is 0. The third-order valence-corrected chi connectivity index (χ3v) is 3.63. The third-order valence-electron chi connectivity index (χ3n) is 3.63. The van der Waals surface area contributed by atoms with E-state index in [0.717, 1.165) is 13.0 Å². The van der Waals surface area contributed by atoms with Crippen LogP contribution in [0.4, 0.5) is 11.6 Å². The molecule has 1 fully saturated rings. The number of hydrogen-bond acceptors (Lipinski definition) is 5. The van der Waals surface area contributed by atoms with E-state index in [1.165, 1.54) is 31.7 Å². The van der Waals surface area contributed by atoms with E-state index in [1.807, 2.05) is 0 Å². The van der Waals surface area contributed by atoms with Crippen molar-refractivity contribution in [2.24, 2.45) is 5.41 Å². The van der Waals surface area contributed by atoms with Crippen LogP contribution in [0.5, 0.6) is 0 Å². The van der Waals surface area contributed by atoms with E-state index in [2.05, 4.69) is 22.2 Å². The molecule has 0 bridgehead atoms. The molecule has 92 valence electrons. The van der Waals surface area contributed by atoms with Crippen LogP contribution in [0.3, 0.4) is 0 Å². The summed E-state index contributed by atoms with van der Waals surface area (Å²) >= 11 is 0. The number of anilines is 1. The van der Waals surface area contributed by atoms with Crippen LogP contribution in [0, 0.1) is 15.5 Å². The topological polar surface area (TPSA) is 81.0 Å². The molecule has 1 aromatic rings. The molecule has 1 heterocycles. The molecule has 0 spiro atoms. The first-order valence-electron chi connectivity index (χ1n) is 5.85. The minimum Gasteiger partial charge on any atom is -0.354 e. The lowest BCUT2D eigenvalue weighted by Gasteiger charge is -2.41. The summed E-state index contributed by atoms with van der Waals surface area (Å²) in [7, 11) is 0. The molecule has 1 N–H and O–H groups in total. The van der Waals surface area contributed by atoms with E-state index in [9.17, 15) is 10.1 Å². The Labute approximate surface area is 99.6 Å². The van der Waals surface area contributed by atoms with E-state index < -0.39 is 4.92 Å². The quantitative estimate of drug-likeness (QED) is 0.627. The molecule has 1 aromatic heterocycles. The second kappa shape index (κ2) is 4.65. The zero-order valence-electron chi connectivity index (χ0n) is 9.85. The Bertz CT molecular complexity index is 395. The van der Waals surface area contributed by atoms with Gasteiger partial charge in [0.05, 0.1) is 4.92 Å². The van der Waals surface area contributed by atoms with E-state index in [1.54, 1.807) is 0 Å². The van der Waals surface area contributed by atoms with E-state index in [4.69, 9.17) is 0 Å². The number of hydrogen-bond donors (Lipinski definition) is 1. The smallest absolute Gasteiger partial charge is 0.305 e. The van der Waals surface area contributed by atoms with Gasteiger partial charge in [-0.15, -0.1) is 0 Å². The maximum Gasteiger partial charge on any atom is 0.305 e.